The van der Waals surface area contributed by atoms with Crippen molar-refractivity contribution in [2.45, 2.75) is 6.04 Å². The summed E-state index contributed by atoms with van der Waals surface area (Å²) in [6.07, 6.45) is 0. The Hall–Kier alpha value is -1.04. The molecule has 1 unspecified atom stereocenters. The molecule has 0 amide bonds. The summed E-state index contributed by atoms with van der Waals surface area (Å²) in [5.74, 6) is 1.50. The maximum Gasteiger partial charge on any atom is 0.127 e. The topological polar surface area (TPSA) is 44.5 Å². The van der Waals surface area contributed by atoms with Crippen LogP contribution in [0.3, 0.4) is 0 Å². The number of hydrogen-bond acceptors (Lipinski definition) is 4. The van der Waals surface area contributed by atoms with Gasteiger partial charge in [0.05, 0.1) is 24.0 Å². The van der Waals surface area contributed by atoms with E-state index in [1.165, 1.54) is 0 Å². The molecule has 0 bridgehead atoms. The van der Waals surface area contributed by atoms with E-state index >= 15 is 0 Å². The van der Waals surface area contributed by atoms with E-state index in [0.29, 0.717) is 0 Å². The van der Waals surface area contributed by atoms with Crippen LogP contribution in [0.25, 0.3) is 0 Å². The van der Waals surface area contributed by atoms with Gasteiger partial charge in [-0.05, 0) is 40.2 Å². The van der Waals surface area contributed by atoms with Crippen molar-refractivity contribution in [3.05, 3.63) is 44.6 Å². The van der Waals surface area contributed by atoms with Gasteiger partial charge in [0, 0.05) is 16.5 Å². The molecule has 0 aliphatic carbocycles. The van der Waals surface area contributed by atoms with Gasteiger partial charge in [-0.1, -0.05) is 0 Å². The van der Waals surface area contributed by atoms with E-state index in [-0.39, 0.29) is 6.04 Å². The summed E-state index contributed by atoms with van der Waals surface area (Å²) in [4.78, 5) is 1.09. The molecule has 0 saturated heterocycles. The molecule has 2 rings (SSSR count). The van der Waals surface area contributed by atoms with Gasteiger partial charge in [-0.15, -0.1) is 11.3 Å². The van der Waals surface area contributed by atoms with Gasteiger partial charge in [0.25, 0.3) is 0 Å². The predicted octanol–water partition coefficient (Wildman–Crippen LogP) is 3.58. The lowest BCUT2D eigenvalue weighted by molar-refractivity contribution is 0.390. The molecule has 1 aromatic carbocycles. The first-order valence-corrected chi connectivity index (χ1v) is 6.99. The summed E-state index contributed by atoms with van der Waals surface area (Å²) in [5, 5.41) is 0. The van der Waals surface area contributed by atoms with Gasteiger partial charge < -0.3 is 15.2 Å². The Kier molecular flexibility index (Phi) is 4.27. The first kappa shape index (κ1) is 13.4. The molecule has 1 atom stereocenters. The Labute approximate surface area is 119 Å². The number of rotatable bonds is 4. The zero-order valence-electron chi connectivity index (χ0n) is 10.1. The van der Waals surface area contributed by atoms with Crippen LogP contribution < -0.4 is 15.2 Å². The molecule has 1 heterocycles. The minimum Gasteiger partial charge on any atom is -0.497 e. The van der Waals surface area contributed by atoms with E-state index in [1.807, 2.05) is 30.3 Å². The van der Waals surface area contributed by atoms with E-state index in [2.05, 4.69) is 15.9 Å². The average molecular weight is 328 g/mol. The Balaban J connectivity index is 2.38. The van der Waals surface area contributed by atoms with Gasteiger partial charge >= 0.3 is 0 Å². The normalized spacial score (nSPS) is 12.2. The van der Waals surface area contributed by atoms with E-state index in [0.717, 1.165) is 25.7 Å². The second-order valence-corrected chi connectivity index (χ2v) is 6.22. The number of benzene rings is 1. The Morgan fingerprint density at radius 3 is 2.50 bits per heavy atom. The lowest BCUT2D eigenvalue weighted by Gasteiger charge is -2.15. The largest absolute Gasteiger partial charge is 0.497 e. The minimum absolute atomic E-state index is 0.192. The zero-order chi connectivity index (χ0) is 13.1. The summed E-state index contributed by atoms with van der Waals surface area (Å²) in [5.41, 5.74) is 7.22. The number of methoxy groups -OCH3 is 2. The summed E-state index contributed by atoms with van der Waals surface area (Å²) >= 11 is 5.07. The van der Waals surface area contributed by atoms with Crippen molar-refractivity contribution in [1.29, 1.82) is 0 Å². The van der Waals surface area contributed by atoms with Crippen LogP contribution in [0.2, 0.25) is 0 Å². The molecule has 0 saturated carbocycles. The third kappa shape index (κ3) is 2.68. The van der Waals surface area contributed by atoms with E-state index in [9.17, 15) is 0 Å². The molecule has 1 aromatic heterocycles. The van der Waals surface area contributed by atoms with Crippen molar-refractivity contribution in [3.8, 4) is 11.5 Å². The lowest BCUT2D eigenvalue weighted by atomic mass is 10.0. The summed E-state index contributed by atoms with van der Waals surface area (Å²) in [6.45, 7) is 0. The maximum absolute atomic E-state index is 6.27. The molecule has 0 aliphatic rings. The molecule has 18 heavy (non-hydrogen) atoms. The van der Waals surface area contributed by atoms with Gasteiger partial charge in [0.2, 0.25) is 0 Å². The van der Waals surface area contributed by atoms with Crippen LogP contribution in [0.4, 0.5) is 0 Å². The number of nitrogens with two attached hydrogens (primary N) is 1. The van der Waals surface area contributed by atoms with Crippen molar-refractivity contribution in [3.63, 3.8) is 0 Å². The second-order valence-electron chi connectivity index (χ2n) is 3.73. The fourth-order valence-electron chi connectivity index (χ4n) is 1.72. The van der Waals surface area contributed by atoms with Gasteiger partial charge in [-0.25, -0.2) is 0 Å². The van der Waals surface area contributed by atoms with Gasteiger partial charge in [-0.2, -0.15) is 0 Å². The maximum atomic E-state index is 6.27. The summed E-state index contributed by atoms with van der Waals surface area (Å²) < 4.78 is 11.6. The monoisotopic (exact) mass is 327 g/mol. The third-order valence-electron chi connectivity index (χ3n) is 2.68. The van der Waals surface area contributed by atoms with Crippen LogP contribution >= 0.6 is 27.3 Å². The van der Waals surface area contributed by atoms with Crippen LogP contribution in [0.1, 0.15) is 16.5 Å². The number of ether oxygens (including phenoxy) is 2. The fraction of sp³-hybridized carbons (Fsp3) is 0.231. The summed E-state index contributed by atoms with van der Waals surface area (Å²) in [7, 11) is 3.26. The third-order valence-corrected chi connectivity index (χ3v) is 4.38. The second kappa shape index (κ2) is 5.73. The molecule has 0 aliphatic heterocycles. The highest BCUT2D eigenvalue weighted by molar-refractivity contribution is 9.11. The van der Waals surface area contributed by atoms with Crippen molar-refractivity contribution in [2.24, 2.45) is 5.73 Å². The van der Waals surface area contributed by atoms with Crippen LogP contribution in [-0.2, 0) is 0 Å². The molecule has 96 valence electrons. The number of hydrogen-bond donors (Lipinski definition) is 1. The highest BCUT2D eigenvalue weighted by Crippen LogP contribution is 2.35. The van der Waals surface area contributed by atoms with E-state index in [4.69, 9.17) is 15.2 Å². The van der Waals surface area contributed by atoms with Crippen LogP contribution in [-0.4, -0.2) is 14.2 Å². The summed E-state index contributed by atoms with van der Waals surface area (Å²) in [6, 6.07) is 9.50. The van der Waals surface area contributed by atoms with E-state index in [1.54, 1.807) is 25.6 Å². The smallest absolute Gasteiger partial charge is 0.127 e. The zero-order valence-corrected chi connectivity index (χ0v) is 12.5. The SMILES string of the molecule is COc1ccc(C(N)c2ccc(Br)s2)c(OC)c1. The van der Waals surface area contributed by atoms with Gasteiger partial charge in [0.15, 0.2) is 0 Å². The number of halogens is 1. The molecule has 2 N–H and O–H groups in total. The Morgan fingerprint density at radius 2 is 1.94 bits per heavy atom. The standard InChI is InChI=1S/C13H14BrNO2S/c1-16-8-3-4-9(10(7-8)17-2)13(15)11-5-6-12(14)18-11/h3-7,13H,15H2,1-2H3. The number of thiophene rings is 1. The lowest BCUT2D eigenvalue weighted by Crippen LogP contribution is -2.11. The van der Waals surface area contributed by atoms with Crippen molar-refractivity contribution < 1.29 is 9.47 Å². The quantitative estimate of drug-likeness (QED) is 0.933. The first-order chi connectivity index (χ1) is 8.65. The molecular formula is C13H14BrNO2S. The molecule has 0 fully saturated rings. The average Bonchev–Trinajstić information content (AvgIpc) is 2.83. The predicted molar refractivity (Wildman–Crippen MR) is 77.6 cm³/mol. The Morgan fingerprint density at radius 1 is 1.17 bits per heavy atom. The van der Waals surface area contributed by atoms with Gasteiger partial charge in [-0.3, -0.25) is 0 Å². The molecule has 0 spiro atoms. The highest BCUT2D eigenvalue weighted by atomic mass is 79.9. The van der Waals surface area contributed by atoms with E-state index < -0.39 is 0 Å². The van der Waals surface area contributed by atoms with Crippen molar-refractivity contribution >= 4 is 27.3 Å². The molecule has 0 radical (unpaired) electrons. The van der Waals surface area contributed by atoms with Crippen LogP contribution in [0, 0.1) is 0 Å². The molecule has 2 aromatic rings. The fourth-order valence-corrected chi connectivity index (χ4v) is 3.17. The minimum atomic E-state index is -0.192. The molecular weight excluding hydrogens is 314 g/mol. The van der Waals surface area contributed by atoms with Crippen molar-refractivity contribution in [1.82, 2.24) is 0 Å². The molecule has 5 heteroatoms. The van der Waals surface area contributed by atoms with Crippen molar-refractivity contribution in [2.75, 3.05) is 14.2 Å². The molecule has 3 nitrogen and oxygen atoms in total. The first-order valence-electron chi connectivity index (χ1n) is 5.38. The van der Waals surface area contributed by atoms with Crippen LogP contribution in [0.15, 0.2) is 34.1 Å². The van der Waals surface area contributed by atoms with Crippen LogP contribution in [0.5, 0.6) is 11.5 Å². The van der Waals surface area contributed by atoms with Gasteiger partial charge in [0.1, 0.15) is 11.5 Å². The highest BCUT2D eigenvalue weighted by Gasteiger charge is 2.16. The Bertz CT molecular complexity index is 542.